The van der Waals surface area contributed by atoms with E-state index in [0.29, 0.717) is 5.56 Å². The van der Waals surface area contributed by atoms with Gasteiger partial charge in [0, 0.05) is 24.4 Å². The molecule has 1 amide bonds. The average Bonchev–Trinajstić information content (AvgIpc) is 2.42. The van der Waals surface area contributed by atoms with E-state index in [1.807, 2.05) is 0 Å². The summed E-state index contributed by atoms with van der Waals surface area (Å²) < 4.78 is 0. The molecule has 4 heteroatoms. The molecule has 1 aromatic heterocycles. The van der Waals surface area contributed by atoms with Gasteiger partial charge in [-0.1, -0.05) is 38.0 Å². The van der Waals surface area contributed by atoms with Gasteiger partial charge < -0.3 is 0 Å². The second kappa shape index (κ2) is 8.26. The first kappa shape index (κ1) is 14.2. The second-order valence-electron chi connectivity index (χ2n) is 4.05. The van der Waals surface area contributed by atoms with E-state index in [2.05, 4.69) is 29.2 Å². The van der Waals surface area contributed by atoms with E-state index in [1.165, 1.54) is 25.5 Å². The molecule has 1 aromatic rings. The Hall–Kier alpha value is -1.86. The lowest BCUT2D eigenvalue weighted by atomic mass is 10.1. The fourth-order valence-corrected chi connectivity index (χ4v) is 1.52. The number of hydrazine groups is 1. The molecule has 0 saturated heterocycles. The molecule has 0 spiro atoms. The molecule has 4 nitrogen and oxygen atoms in total. The molecule has 0 aliphatic carbocycles. The zero-order valence-corrected chi connectivity index (χ0v) is 10.7. The van der Waals surface area contributed by atoms with Gasteiger partial charge in [-0.05, 0) is 12.5 Å². The monoisotopic (exact) mass is 245 g/mol. The van der Waals surface area contributed by atoms with Gasteiger partial charge in [-0.15, -0.1) is 0 Å². The minimum Gasteiger partial charge on any atom is -0.290 e. The number of rotatable bonds is 5. The van der Waals surface area contributed by atoms with E-state index >= 15 is 0 Å². The lowest BCUT2D eigenvalue weighted by Crippen LogP contribution is -2.30. The number of hydrogen-bond donors (Lipinski definition) is 2. The number of amides is 1. The highest BCUT2D eigenvalue weighted by Gasteiger charge is 2.03. The van der Waals surface area contributed by atoms with Crippen molar-refractivity contribution in [3.05, 3.63) is 29.6 Å². The van der Waals surface area contributed by atoms with Gasteiger partial charge in [0.2, 0.25) is 0 Å². The Bertz CT molecular complexity index is 446. The molecular formula is C14H19N3O. The quantitative estimate of drug-likeness (QED) is 0.274. The van der Waals surface area contributed by atoms with Crippen LogP contribution in [0.25, 0.3) is 0 Å². The Kier molecular flexibility index (Phi) is 6.52. The highest BCUT2D eigenvalue weighted by Crippen LogP contribution is 2.03. The molecule has 3 N–H and O–H groups in total. The minimum absolute atomic E-state index is 0.353. The van der Waals surface area contributed by atoms with Crippen molar-refractivity contribution in [2.45, 2.75) is 39.0 Å². The molecule has 0 bridgehead atoms. The number of aromatic nitrogens is 1. The van der Waals surface area contributed by atoms with Crippen molar-refractivity contribution >= 4 is 5.91 Å². The summed E-state index contributed by atoms with van der Waals surface area (Å²) >= 11 is 0. The van der Waals surface area contributed by atoms with Crippen LogP contribution in [0.1, 0.15) is 54.9 Å². The molecule has 0 aromatic carbocycles. The fraction of sp³-hybridized carbons (Fsp3) is 0.429. The molecule has 0 aliphatic rings. The van der Waals surface area contributed by atoms with Gasteiger partial charge in [0.05, 0.1) is 5.56 Å². The van der Waals surface area contributed by atoms with Gasteiger partial charge in [-0.25, -0.2) is 5.84 Å². The number of pyridine rings is 1. The van der Waals surface area contributed by atoms with Crippen molar-refractivity contribution in [1.29, 1.82) is 0 Å². The number of nitrogen functional groups attached to an aromatic ring is 1. The van der Waals surface area contributed by atoms with E-state index in [1.54, 1.807) is 12.3 Å². The average molecular weight is 245 g/mol. The maximum absolute atomic E-state index is 11.3. The Morgan fingerprint density at radius 1 is 1.39 bits per heavy atom. The van der Waals surface area contributed by atoms with Crippen LogP contribution >= 0.6 is 0 Å². The van der Waals surface area contributed by atoms with Crippen molar-refractivity contribution < 1.29 is 4.79 Å². The van der Waals surface area contributed by atoms with Crippen molar-refractivity contribution in [2.24, 2.45) is 5.84 Å². The van der Waals surface area contributed by atoms with Gasteiger partial charge in [-0.2, -0.15) is 0 Å². The van der Waals surface area contributed by atoms with Gasteiger partial charge in [0.1, 0.15) is 0 Å². The Morgan fingerprint density at radius 3 is 2.94 bits per heavy atom. The third kappa shape index (κ3) is 4.98. The fourth-order valence-electron chi connectivity index (χ4n) is 1.52. The van der Waals surface area contributed by atoms with Crippen molar-refractivity contribution in [3.8, 4) is 11.8 Å². The summed E-state index contributed by atoms with van der Waals surface area (Å²) in [5.41, 5.74) is 3.24. The SMILES string of the molecule is CCCCCCC#Cc1cncc(C(=O)NN)c1. The minimum atomic E-state index is -0.353. The molecular weight excluding hydrogens is 226 g/mol. The first-order valence-corrected chi connectivity index (χ1v) is 6.22. The Morgan fingerprint density at radius 2 is 2.22 bits per heavy atom. The molecule has 1 heterocycles. The number of carbonyl (C=O) groups is 1. The van der Waals surface area contributed by atoms with Crippen molar-refractivity contribution in [3.63, 3.8) is 0 Å². The molecule has 0 fully saturated rings. The molecule has 0 aliphatic heterocycles. The van der Waals surface area contributed by atoms with Crippen molar-refractivity contribution in [2.75, 3.05) is 0 Å². The summed E-state index contributed by atoms with van der Waals surface area (Å²) in [6.07, 6.45) is 8.83. The van der Waals surface area contributed by atoms with Gasteiger partial charge in [0.15, 0.2) is 0 Å². The molecule has 1 rings (SSSR count). The molecule has 0 saturated carbocycles. The second-order valence-corrected chi connectivity index (χ2v) is 4.05. The van der Waals surface area contributed by atoms with Crippen LogP contribution in [0.4, 0.5) is 0 Å². The lowest BCUT2D eigenvalue weighted by Gasteiger charge is -1.98. The highest BCUT2D eigenvalue weighted by molar-refractivity contribution is 5.93. The van der Waals surface area contributed by atoms with Crippen LogP contribution in [0.2, 0.25) is 0 Å². The number of unbranched alkanes of at least 4 members (excludes halogenated alkanes) is 4. The topological polar surface area (TPSA) is 68.0 Å². The lowest BCUT2D eigenvalue weighted by molar-refractivity contribution is 0.0953. The van der Waals surface area contributed by atoms with Crippen molar-refractivity contribution in [1.82, 2.24) is 10.4 Å². The first-order chi connectivity index (χ1) is 8.77. The summed E-state index contributed by atoms with van der Waals surface area (Å²) in [7, 11) is 0. The number of carbonyl (C=O) groups excluding carboxylic acids is 1. The summed E-state index contributed by atoms with van der Waals surface area (Å²) in [4.78, 5) is 15.3. The molecule has 18 heavy (non-hydrogen) atoms. The summed E-state index contributed by atoms with van der Waals surface area (Å²) in [6.45, 7) is 2.19. The highest BCUT2D eigenvalue weighted by atomic mass is 16.2. The third-order valence-electron chi connectivity index (χ3n) is 2.52. The van der Waals surface area contributed by atoms with Gasteiger partial charge in [0.25, 0.3) is 5.91 Å². The zero-order chi connectivity index (χ0) is 13.2. The zero-order valence-electron chi connectivity index (χ0n) is 10.7. The Labute approximate surface area is 108 Å². The summed E-state index contributed by atoms with van der Waals surface area (Å²) in [5, 5.41) is 0. The van der Waals surface area contributed by atoms with E-state index in [0.717, 1.165) is 18.4 Å². The normalized spacial score (nSPS) is 9.44. The number of nitrogens with zero attached hydrogens (tertiary/aromatic N) is 1. The first-order valence-electron chi connectivity index (χ1n) is 6.22. The van der Waals surface area contributed by atoms with E-state index in [-0.39, 0.29) is 5.91 Å². The van der Waals surface area contributed by atoms with Crippen LogP contribution in [-0.4, -0.2) is 10.9 Å². The van der Waals surface area contributed by atoms with Crippen LogP contribution in [-0.2, 0) is 0 Å². The summed E-state index contributed by atoms with van der Waals surface area (Å²) in [6, 6.07) is 1.69. The largest absolute Gasteiger partial charge is 0.290 e. The maximum Gasteiger partial charge on any atom is 0.266 e. The molecule has 0 unspecified atom stereocenters. The van der Waals surface area contributed by atoms with E-state index in [4.69, 9.17) is 5.84 Å². The van der Waals surface area contributed by atoms with Crippen LogP contribution in [0.5, 0.6) is 0 Å². The smallest absolute Gasteiger partial charge is 0.266 e. The van der Waals surface area contributed by atoms with Gasteiger partial charge in [-0.3, -0.25) is 15.2 Å². The molecule has 0 atom stereocenters. The molecule has 0 radical (unpaired) electrons. The molecule has 96 valence electrons. The standard InChI is InChI=1S/C14H19N3O/c1-2-3-4-5-6-7-8-12-9-13(11-16-10-12)14(18)17-15/h9-11H,2-6,15H2,1H3,(H,17,18). The number of nitrogens with two attached hydrogens (primary N) is 1. The van der Waals surface area contributed by atoms with Crippen LogP contribution < -0.4 is 11.3 Å². The predicted octanol–water partition coefficient (Wildman–Crippen LogP) is 2.01. The third-order valence-corrected chi connectivity index (χ3v) is 2.52. The summed E-state index contributed by atoms with van der Waals surface area (Å²) in [5.74, 6) is 10.8. The van der Waals surface area contributed by atoms with E-state index < -0.39 is 0 Å². The maximum atomic E-state index is 11.3. The predicted molar refractivity (Wildman–Crippen MR) is 71.5 cm³/mol. The number of hydrogen-bond acceptors (Lipinski definition) is 3. The van der Waals surface area contributed by atoms with Gasteiger partial charge >= 0.3 is 0 Å². The van der Waals surface area contributed by atoms with E-state index in [9.17, 15) is 4.79 Å². The Balaban J connectivity index is 2.52. The van der Waals surface area contributed by atoms with Crippen LogP contribution in [0.3, 0.4) is 0 Å². The van der Waals surface area contributed by atoms with Crippen LogP contribution in [0, 0.1) is 11.8 Å². The van der Waals surface area contributed by atoms with Crippen LogP contribution in [0.15, 0.2) is 18.5 Å². The number of nitrogens with one attached hydrogen (secondary N) is 1.